The van der Waals surface area contributed by atoms with E-state index in [0.717, 1.165) is 11.1 Å². The maximum atomic E-state index is 11.6. The van der Waals surface area contributed by atoms with Crippen molar-refractivity contribution in [2.75, 3.05) is 0 Å². The molecule has 1 unspecified atom stereocenters. The number of aryl methyl sites for hydroxylation is 1. The molecule has 0 aliphatic heterocycles. The lowest BCUT2D eigenvalue weighted by molar-refractivity contribution is 0.0627. The molecule has 1 N–H and O–H groups in total. The van der Waals surface area contributed by atoms with Crippen LogP contribution in [0, 0.1) is 5.41 Å². The summed E-state index contributed by atoms with van der Waals surface area (Å²) in [6.07, 6.45) is -0.586. The lowest BCUT2D eigenvalue weighted by Gasteiger charge is -2.26. The predicted molar refractivity (Wildman–Crippen MR) is 70.6 cm³/mol. The smallest absolute Gasteiger partial charge is 0.408 e. The van der Waals surface area contributed by atoms with Crippen molar-refractivity contribution in [3.8, 4) is 0 Å². The first kappa shape index (κ1) is 12.9. The second kappa shape index (κ2) is 4.28. The summed E-state index contributed by atoms with van der Waals surface area (Å²) < 4.78 is 6.76. The molecule has 4 heteroatoms. The van der Waals surface area contributed by atoms with Crippen LogP contribution in [0.4, 0.5) is 0 Å². The minimum Gasteiger partial charge on any atom is -0.408 e. The minimum atomic E-state index is -0.586. The molecule has 18 heavy (non-hydrogen) atoms. The van der Waals surface area contributed by atoms with Gasteiger partial charge >= 0.3 is 5.76 Å². The lowest BCUT2D eigenvalue weighted by atomic mass is 9.85. The summed E-state index contributed by atoms with van der Waals surface area (Å²) in [4.78, 5) is 11.6. The van der Waals surface area contributed by atoms with E-state index in [9.17, 15) is 9.90 Å². The van der Waals surface area contributed by atoms with Gasteiger partial charge in [-0.2, -0.15) is 0 Å². The monoisotopic (exact) mass is 249 g/mol. The molecular weight excluding hydrogens is 230 g/mol. The SMILES string of the molecule is CCn1c(=O)oc2cc(C(O)C(C)(C)C)ccc21. The first-order valence-corrected chi connectivity index (χ1v) is 6.16. The van der Waals surface area contributed by atoms with Crippen molar-refractivity contribution in [2.45, 2.75) is 40.3 Å². The van der Waals surface area contributed by atoms with Crippen molar-refractivity contribution in [1.29, 1.82) is 0 Å². The van der Waals surface area contributed by atoms with Crippen LogP contribution in [0.2, 0.25) is 0 Å². The number of aliphatic hydroxyl groups is 1. The lowest BCUT2D eigenvalue weighted by Crippen LogP contribution is -2.17. The van der Waals surface area contributed by atoms with E-state index < -0.39 is 6.10 Å². The summed E-state index contributed by atoms with van der Waals surface area (Å²) in [7, 11) is 0. The number of hydrogen-bond acceptors (Lipinski definition) is 3. The first-order chi connectivity index (χ1) is 8.34. The van der Waals surface area contributed by atoms with E-state index >= 15 is 0 Å². The summed E-state index contributed by atoms with van der Waals surface area (Å²) in [5, 5.41) is 10.2. The highest BCUT2D eigenvalue weighted by Crippen LogP contribution is 2.33. The molecule has 1 aromatic heterocycles. The third kappa shape index (κ3) is 2.08. The van der Waals surface area contributed by atoms with Gasteiger partial charge in [0.05, 0.1) is 11.6 Å². The Hall–Kier alpha value is -1.55. The van der Waals surface area contributed by atoms with E-state index in [2.05, 4.69) is 0 Å². The molecule has 0 amide bonds. The summed E-state index contributed by atoms with van der Waals surface area (Å²) in [6.45, 7) is 8.38. The van der Waals surface area contributed by atoms with Crippen LogP contribution >= 0.6 is 0 Å². The molecule has 0 aliphatic rings. The Bertz CT molecular complexity index is 616. The van der Waals surface area contributed by atoms with Crippen LogP contribution in [0.5, 0.6) is 0 Å². The molecule has 1 heterocycles. The Morgan fingerprint density at radius 1 is 1.39 bits per heavy atom. The normalized spacial score (nSPS) is 14.1. The molecule has 0 spiro atoms. The summed E-state index contributed by atoms with van der Waals surface area (Å²) in [5.41, 5.74) is 1.82. The van der Waals surface area contributed by atoms with Gasteiger partial charge in [-0.25, -0.2) is 4.79 Å². The van der Waals surface area contributed by atoms with Crippen LogP contribution in [-0.4, -0.2) is 9.67 Å². The maximum Gasteiger partial charge on any atom is 0.419 e. The van der Waals surface area contributed by atoms with Gasteiger partial charge in [0.2, 0.25) is 0 Å². The molecule has 0 aliphatic carbocycles. The van der Waals surface area contributed by atoms with Gasteiger partial charge in [0, 0.05) is 6.54 Å². The molecule has 0 saturated heterocycles. The average Bonchev–Trinajstić information content (AvgIpc) is 2.60. The molecule has 4 nitrogen and oxygen atoms in total. The van der Waals surface area contributed by atoms with E-state index in [1.54, 1.807) is 10.6 Å². The average molecular weight is 249 g/mol. The molecule has 2 rings (SSSR count). The number of aliphatic hydroxyl groups excluding tert-OH is 1. The maximum absolute atomic E-state index is 11.6. The zero-order chi connectivity index (χ0) is 13.5. The number of nitrogens with zero attached hydrogens (tertiary/aromatic N) is 1. The Morgan fingerprint density at radius 3 is 2.61 bits per heavy atom. The van der Waals surface area contributed by atoms with Crippen molar-refractivity contribution in [3.05, 3.63) is 34.3 Å². The number of aromatic nitrogens is 1. The van der Waals surface area contributed by atoms with E-state index in [4.69, 9.17) is 4.42 Å². The van der Waals surface area contributed by atoms with Gasteiger partial charge in [0.15, 0.2) is 5.58 Å². The first-order valence-electron chi connectivity index (χ1n) is 6.16. The van der Waals surface area contributed by atoms with Crippen molar-refractivity contribution in [1.82, 2.24) is 4.57 Å². The Labute approximate surface area is 106 Å². The molecule has 0 fully saturated rings. The highest BCUT2D eigenvalue weighted by atomic mass is 16.4. The van der Waals surface area contributed by atoms with E-state index in [0.29, 0.717) is 12.1 Å². The molecule has 0 saturated carbocycles. The third-order valence-corrected chi connectivity index (χ3v) is 3.14. The van der Waals surface area contributed by atoms with Crippen molar-refractivity contribution in [2.24, 2.45) is 5.41 Å². The van der Waals surface area contributed by atoms with Crippen molar-refractivity contribution in [3.63, 3.8) is 0 Å². The highest BCUT2D eigenvalue weighted by Gasteiger charge is 2.24. The Morgan fingerprint density at radius 2 is 2.06 bits per heavy atom. The van der Waals surface area contributed by atoms with Gasteiger partial charge in [-0.1, -0.05) is 26.8 Å². The largest absolute Gasteiger partial charge is 0.419 e. The minimum absolute atomic E-state index is 0.249. The van der Waals surface area contributed by atoms with E-state index in [1.165, 1.54) is 0 Å². The zero-order valence-electron chi connectivity index (χ0n) is 11.2. The Balaban J connectivity index is 2.56. The number of oxazole rings is 1. The van der Waals surface area contributed by atoms with Gasteiger partial charge < -0.3 is 9.52 Å². The van der Waals surface area contributed by atoms with Crippen LogP contribution in [0.15, 0.2) is 27.4 Å². The fourth-order valence-electron chi connectivity index (χ4n) is 2.05. The summed E-state index contributed by atoms with van der Waals surface area (Å²) in [5.74, 6) is -0.352. The number of hydrogen-bond donors (Lipinski definition) is 1. The molecule has 1 aromatic carbocycles. The van der Waals surface area contributed by atoms with E-state index in [1.807, 2.05) is 39.8 Å². The molecule has 2 aromatic rings. The second-order valence-electron chi connectivity index (χ2n) is 5.61. The fourth-order valence-corrected chi connectivity index (χ4v) is 2.05. The summed E-state index contributed by atoms with van der Waals surface area (Å²) >= 11 is 0. The van der Waals surface area contributed by atoms with Crippen molar-refractivity contribution >= 4 is 11.1 Å². The predicted octanol–water partition coefficient (Wildman–Crippen LogP) is 2.69. The van der Waals surface area contributed by atoms with Crippen LogP contribution in [-0.2, 0) is 6.54 Å². The van der Waals surface area contributed by atoms with Gasteiger partial charge in [-0.3, -0.25) is 4.57 Å². The van der Waals surface area contributed by atoms with Crippen LogP contribution in [0.3, 0.4) is 0 Å². The second-order valence-corrected chi connectivity index (χ2v) is 5.61. The Kier molecular flexibility index (Phi) is 3.07. The molecule has 1 atom stereocenters. The zero-order valence-corrected chi connectivity index (χ0v) is 11.2. The number of fused-ring (bicyclic) bond motifs is 1. The third-order valence-electron chi connectivity index (χ3n) is 3.14. The number of rotatable bonds is 2. The van der Waals surface area contributed by atoms with Crippen LogP contribution in [0.25, 0.3) is 11.1 Å². The molecule has 0 bridgehead atoms. The molecular formula is C14H19NO3. The van der Waals surface area contributed by atoms with Gasteiger partial charge in [-0.15, -0.1) is 0 Å². The van der Waals surface area contributed by atoms with Crippen LogP contribution in [0.1, 0.15) is 39.4 Å². The quantitative estimate of drug-likeness (QED) is 0.890. The summed E-state index contributed by atoms with van der Waals surface area (Å²) in [6, 6.07) is 5.42. The number of benzene rings is 1. The molecule has 98 valence electrons. The van der Waals surface area contributed by atoms with Gasteiger partial charge in [-0.05, 0) is 30.0 Å². The topological polar surface area (TPSA) is 55.4 Å². The van der Waals surface area contributed by atoms with Crippen LogP contribution < -0.4 is 5.76 Å². The standard InChI is InChI=1S/C14H19NO3/c1-5-15-10-7-6-9(12(16)14(2,3)4)8-11(10)18-13(15)17/h6-8,12,16H,5H2,1-4H3. The van der Waals surface area contributed by atoms with Crippen molar-refractivity contribution < 1.29 is 9.52 Å². The van der Waals surface area contributed by atoms with Gasteiger partial charge in [0.1, 0.15) is 0 Å². The molecule has 0 radical (unpaired) electrons. The highest BCUT2D eigenvalue weighted by molar-refractivity contribution is 5.73. The van der Waals surface area contributed by atoms with E-state index in [-0.39, 0.29) is 11.2 Å². The van der Waals surface area contributed by atoms with Gasteiger partial charge in [0.25, 0.3) is 0 Å². The fraction of sp³-hybridized carbons (Fsp3) is 0.500.